The molecule has 3 rings (SSSR count). The van der Waals surface area contributed by atoms with Gasteiger partial charge in [-0.15, -0.1) is 15.1 Å². The first-order chi connectivity index (χ1) is 10.4. The first-order valence-corrected chi connectivity index (χ1v) is 10.5. The average Bonchev–Trinajstić information content (AvgIpc) is 2.92. The SMILES string of the molecule is CS(=O)(=NS(=O)(=O)c1nc2ccccc2s1)c1ccccc1. The topological polar surface area (TPSA) is 76.5 Å². The molecule has 1 heterocycles. The molecule has 1 atom stereocenters. The van der Waals surface area contributed by atoms with Gasteiger partial charge in [0.15, 0.2) is 0 Å². The summed E-state index contributed by atoms with van der Waals surface area (Å²) in [6.45, 7) is 0. The van der Waals surface area contributed by atoms with Crippen molar-refractivity contribution >= 4 is 41.3 Å². The van der Waals surface area contributed by atoms with Crippen LogP contribution in [0.5, 0.6) is 0 Å². The predicted molar refractivity (Wildman–Crippen MR) is 88.0 cm³/mol. The summed E-state index contributed by atoms with van der Waals surface area (Å²) in [5, 5.41) is 0. The van der Waals surface area contributed by atoms with E-state index in [1.807, 2.05) is 0 Å². The molecule has 0 amide bonds. The third kappa shape index (κ3) is 2.90. The lowest BCUT2D eigenvalue weighted by atomic mass is 10.3. The Hall–Kier alpha value is -1.77. The number of fused-ring (bicyclic) bond motifs is 1. The van der Waals surface area contributed by atoms with Crippen molar-refractivity contribution in [3.05, 3.63) is 54.6 Å². The van der Waals surface area contributed by atoms with Crippen molar-refractivity contribution in [2.24, 2.45) is 3.77 Å². The molecule has 1 aromatic heterocycles. The third-order valence-corrected chi connectivity index (χ3v) is 8.23. The highest BCUT2D eigenvalue weighted by molar-refractivity contribution is 8.03. The Kier molecular flexibility index (Phi) is 3.75. The smallest absolute Gasteiger partial charge is 0.244 e. The fraction of sp³-hybridized carbons (Fsp3) is 0.0714. The summed E-state index contributed by atoms with van der Waals surface area (Å²) in [6, 6.07) is 15.4. The van der Waals surface area contributed by atoms with E-state index in [9.17, 15) is 12.6 Å². The van der Waals surface area contributed by atoms with Gasteiger partial charge < -0.3 is 0 Å². The van der Waals surface area contributed by atoms with Crippen LogP contribution in [0.3, 0.4) is 0 Å². The Morgan fingerprint density at radius 3 is 2.27 bits per heavy atom. The van der Waals surface area contributed by atoms with Gasteiger partial charge in [-0.05, 0) is 24.3 Å². The molecular formula is C14H12N2O3S3. The van der Waals surface area contributed by atoms with Crippen LogP contribution in [0.25, 0.3) is 10.2 Å². The number of rotatable bonds is 3. The maximum Gasteiger partial charge on any atom is 0.317 e. The van der Waals surface area contributed by atoms with Crippen molar-refractivity contribution in [2.45, 2.75) is 9.24 Å². The van der Waals surface area contributed by atoms with Gasteiger partial charge in [-0.1, -0.05) is 30.3 Å². The number of aromatic nitrogens is 1. The zero-order chi connectivity index (χ0) is 15.8. The van der Waals surface area contributed by atoms with Crippen molar-refractivity contribution in [3.8, 4) is 0 Å². The van der Waals surface area contributed by atoms with Crippen molar-refractivity contribution in [2.75, 3.05) is 6.26 Å². The van der Waals surface area contributed by atoms with E-state index in [1.165, 1.54) is 6.26 Å². The summed E-state index contributed by atoms with van der Waals surface area (Å²) in [5.74, 6) is 0. The van der Waals surface area contributed by atoms with E-state index in [1.54, 1.807) is 54.6 Å². The van der Waals surface area contributed by atoms with E-state index in [2.05, 4.69) is 8.75 Å². The number of para-hydroxylation sites is 1. The molecule has 0 radical (unpaired) electrons. The second-order valence-electron chi connectivity index (χ2n) is 4.61. The van der Waals surface area contributed by atoms with Gasteiger partial charge in [0.05, 0.1) is 19.9 Å². The monoisotopic (exact) mass is 352 g/mol. The molecule has 0 aliphatic rings. The molecule has 0 aliphatic carbocycles. The van der Waals surface area contributed by atoms with Crippen LogP contribution in [0, 0.1) is 0 Å². The van der Waals surface area contributed by atoms with Crippen LogP contribution in [0.1, 0.15) is 0 Å². The van der Waals surface area contributed by atoms with E-state index in [0.29, 0.717) is 10.4 Å². The summed E-state index contributed by atoms with van der Waals surface area (Å²) in [6.07, 6.45) is 1.31. The van der Waals surface area contributed by atoms with Crippen LogP contribution in [-0.4, -0.2) is 23.9 Å². The van der Waals surface area contributed by atoms with E-state index in [0.717, 1.165) is 16.0 Å². The van der Waals surface area contributed by atoms with E-state index >= 15 is 0 Å². The molecule has 0 saturated carbocycles. The molecule has 0 spiro atoms. The van der Waals surface area contributed by atoms with Crippen LogP contribution in [-0.2, 0) is 19.8 Å². The molecule has 8 heteroatoms. The number of nitrogens with zero attached hydrogens (tertiary/aromatic N) is 2. The average molecular weight is 352 g/mol. The third-order valence-electron chi connectivity index (χ3n) is 2.92. The zero-order valence-electron chi connectivity index (χ0n) is 11.5. The Balaban J connectivity index is 2.14. The Morgan fingerprint density at radius 2 is 1.59 bits per heavy atom. The standard InChI is InChI=1S/C14H12N2O3S3/c1-21(17,11-7-3-2-4-8-11)16-22(18,19)14-15-12-9-5-6-10-13(12)20-14/h2-10H,1H3. The summed E-state index contributed by atoms with van der Waals surface area (Å²) < 4.78 is 41.6. The number of hydrogen-bond donors (Lipinski definition) is 0. The number of sulfonamides is 1. The molecule has 0 saturated heterocycles. The van der Waals surface area contributed by atoms with Crippen molar-refractivity contribution < 1.29 is 12.6 Å². The minimum absolute atomic E-state index is 0.140. The van der Waals surface area contributed by atoms with E-state index in [-0.39, 0.29) is 4.34 Å². The van der Waals surface area contributed by atoms with E-state index < -0.39 is 19.8 Å². The zero-order valence-corrected chi connectivity index (χ0v) is 14.0. The maximum absolute atomic E-state index is 12.6. The highest BCUT2D eigenvalue weighted by atomic mass is 32.3. The minimum atomic E-state index is -4.07. The number of hydrogen-bond acceptors (Lipinski definition) is 5. The molecule has 2 aromatic carbocycles. The second-order valence-corrected chi connectivity index (χ2v) is 9.91. The summed E-state index contributed by atoms with van der Waals surface area (Å²) >= 11 is 1.02. The van der Waals surface area contributed by atoms with Gasteiger partial charge in [0, 0.05) is 11.2 Å². The molecular weight excluding hydrogens is 340 g/mol. The van der Waals surface area contributed by atoms with Gasteiger partial charge in [0.1, 0.15) is 0 Å². The Morgan fingerprint density at radius 1 is 0.955 bits per heavy atom. The minimum Gasteiger partial charge on any atom is -0.244 e. The van der Waals surface area contributed by atoms with Crippen LogP contribution >= 0.6 is 11.3 Å². The van der Waals surface area contributed by atoms with Crippen molar-refractivity contribution in [3.63, 3.8) is 0 Å². The molecule has 0 N–H and O–H groups in total. The first kappa shape index (κ1) is 15.1. The normalized spacial score (nSPS) is 14.6. The fourth-order valence-electron chi connectivity index (χ4n) is 1.90. The van der Waals surface area contributed by atoms with Crippen LogP contribution < -0.4 is 0 Å². The first-order valence-electron chi connectivity index (χ1n) is 6.28. The quantitative estimate of drug-likeness (QED) is 0.725. The summed E-state index contributed by atoms with van der Waals surface area (Å²) in [5.41, 5.74) is 0.587. The molecule has 5 nitrogen and oxygen atoms in total. The molecule has 1 unspecified atom stereocenters. The highest BCUT2D eigenvalue weighted by Crippen LogP contribution is 2.27. The largest absolute Gasteiger partial charge is 0.317 e. The van der Waals surface area contributed by atoms with Gasteiger partial charge in [0.2, 0.25) is 4.34 Å². The Labute approximate surface area is 132 Å². The lowest BCUT2D eigenvalue weighted by Crippen LogP contribution is -2.04. The Bertz CT molecular complexity index is 1010. The van der Waals surface area contributed by atoms with Crippen molar-refractivity contribution in [1.29, 1.82) is 0 Å². The predicted octanol–water partition coefficient (Wildman–Crippen LogP) is 3.14. The lowest BCUT2D eigenvalue weighted by Gasteiger charge is -2.03. The molecule has 3 aromatic rings. The van der Waals surface area contributed by atoms with Gasteiger partial charge in [-0.25, -0.2) is 9.19 Å². The molecule has 114 valence electrons. The van der Waals surface area contributed by atoms with Crippen LogP contribution in [0.2, 0.25) is 0 Å². The maximum atomic E-state index is 12.6. The summed E-state index contributed by atoms with van der Waals surface area (Å²) in [4.78, 5) is 4.45. The molecule has 0 bridgehead atoms. The number of thiazole rings is 1. The molecule has 22 heavy (non-hydrogen) atoms. The molecule has 0 fully saturated rings. The highest BCUT2D eigenvalue weighted by Gasteiger charge is 2.21. The fourth-order valence-corrected chi connectivity index (χ4v) is 6.53. The van der Waals surface area contributed by atoms with E-state index in [4.69, 9.17) is 0 Å². The van der Waals surface area contributed by atoms with Gasteiger partial charge in [-0.3, -0.25) is 0 Å². The van der Waals surface area contributed by atoms with Gasteiger partial charge >= 0.3 is 10.0 Å². The number of benzene rings is 2. The summed E-state index contributed by atoms with van der Waals surface area (Å²) in [7, 11) is -7.12. The van der Waals surface area contributed by atoms with Crippen LogP contribution in [0.4, 0.5) is 0 Å². The van der Waals surface area contributed by atoms with Crippen molar-refractivity contribution in [1.82, 2.24) is 4.98 Å². The second kappa shape index (κ2) is 5.45. The lowest BCUT2D eigenvalue weighted by molar-refractivity contribution is 0.597. The molecule has 0 aliphatic heterocycles. The van der Waals surface area contributed by atoms with Crippen LogP contribution in [0.15, 0.2) is 67.6 Å². The van der Waals surface area contributed by atoms with Gasteiger partial charge in [0.25, 0.3) is 0 Å². The van der Waals surface area contributed by atoms with Gasteiger partial charge in [-0.2, -0.15) is 8.42 Å².